The fourth-order valence-electron chi connectivity index (χ4n) is 7.07. The van der Waals surface area contributed by atoms with Crippen LogP contribution in [0.3, 0.4) is 0 Å². The number of fused-ring (bicyclic) bond motifs is 8. The molecule has 4 aromatic carbocycles. The zero-order chi connectivity index (χ0) is 33.6. The number of aromatic nitrogens is 4. The van der Waals surface area contributed by atoms with Crippen molar-refractivity contribution in [2.24, 2.45) is 0 Å². The van der Waals surface area contributed by atoms with Crippen LogP contribution in [0.1, 0.15) is 22.8 Å². The molecule has 6 N–H and O–H groups in total. The van der Waals surface area contributed by atoms with E-state index >= 15 is 0 Å². The summed E-state index contributed by atoms with van der Waals surface area (Å²) in [5.41, 5.74) is 29.2. The molecule has 6 nitrogen and oxygen atoms in total. The monoisotopic (exact) mass is 644 g/mol. The standard InChI is InChI=1S/C44H32N6/c45-30-17-10-18-31(46)43(30)44-38-25-23-36(49-38)41(28-13-6-2-7-14-28)34-21-19-32(47-34)40(27-11-4-1-5-12-27)33-20-22-35(48-33)42(29-15-8-3-9-16-29)37-24-26-39(44)50-37/h1-26,47,50H,45-46H2. The van der Waals surface area contributed by atoms with Gasteiger partial charge in [0, 0.05) is 61.3 Å². The van der Waals surface area contributed by atoms with Gasteiger partial charge in [-0.05, 0) is 77.4 Å². The number of benzene rings is 4. The van der Waals surface area contributed by atoms with Crippen molar-refractivity contribution in [3.8, 4) is 44.5 Å². The molecule has 0 atom stereocenters. The molecule has 0 unspecified atom stereocenters. The molecule has 0 radical (unpaired) electrons. The Morgan fingerprint density at radius 2 is 0.640 bits per heavy atom. The molecule has 238 valence electrons. The van der Waals surface area contributed by atoms with E-state index in [2.05, 4.69) is 131 Å². The van der Waals surface area contributed by atoms with Crippen molar-refractivity contribution in [3.63, 3.8) is 0 Å². The summed E-state index contributed by atoms with van der Waals surface area (Å²) in [5.74, 6) is 0. The Hall–Kier alpha value is -6.92. The van der Waals surface area contributed by atoms with Crippen LogP contribution in [0, 0.1) is 0 Å². The summed E-state index contributed by atoms with van der Waals surface area (Å²) in [5, 5.41) is 0. The Kier molecular flexibility index (Phi) is 6.99. The summed E-state index contributed by atoms with van der Waals surface area (Å²) in [4.78, 5) is 18.2. The van der Waals surface area contributed by atoms with Gasteiger partial charge in [0.1, 0.15) is 0 Å². The normalized spacial score (nSPS) is 12.0. The third-order valence-electron chi connectivity index (χ3n) is 9.32. The topological polar surface area (TPSA) is 109 Å². The summed E-state index contributed by atoms with van der Waals surface area (Å²) < 4.78 is 0. The maximum Gasteiger partial charge on any atom is 0.0738 e. The van der Waals surface area contributed by atoms with E-state index in [0.717, 1.165) is 89.4 Å². The molecule has 0 amide bonds. The van der Waals surface area contributed by atoms with E-state index in [1.165, 1.54) is 0 Å². The number of rotatable bonds is 4. The zero-order valence-corrected chi connectivity index (χ0v) is 27.1. The van der Waals surface area contributed by atoms with Gasteiger partial charge in [-0.15, -0.1) is 0 Å². The van der Waals surface area contributed by atoms with Crippen molar-refractivity contribution in [1.29, 1.82) is 0 Å². The lowest BCUT2D eigenvalue weighted by atomic mass is 10.00. The van der Waals surface area contributed by atoms with Crippen molar-refractivity contribution in [2.45, 2.75) is 0 Å². The lowest BCUT2D eigenvalue weighted by Crippen LogP contribution is -1.98. The largest absolute Gasteiger partial charge is 0.398 e. The minimum atomic E-state index is 0.579. The minimum Gasteiger partial charge on any atom is -0.398 e. The Balaban J connectivity index is 1.50. The Labute approximate surface area is 289 Å². The number of hydrogen-bond acceptors (Lipinski definition) is 4. The van der Waals surface area contributed by atoms with Gasteiger partial charge >= 0.3 is 0 Å². The first-order valence-corrected chi connectivity index (χ1v) is 16.6. The molecule has 2 aliphatic rings. The molecule has 0 aliphatic carbocycles. The Bertz CT molecular complexity index is 2590. The predicted octanol–water partition coefficient (Wildman–Crippen LogP) is 10.5. The number of nitrogen functional groups attached to an aromatic ring is 2. The van der Waals surface area contributed by atoms with Crippen molar-refractivity contribution >= 4 is 57.7 Å². The molecule has 50 heavy (non-hydrogen) atoms. The summed E-state index contributed by atoms with van der Waals surface area (Å²) in [6, 6.07) is 45.2. The van der Waals surface area contributed by atoms with Gasteiger partial charge in [-0.1, -0.05) is 97.1 Å². The molecule has 0 spiro atoms. The molecule has 0 saturated carbocycles. The first-order chi connectivity index (χ1) is 24.6. The number of aromatic amines is 2. The van der Waals surface area contributed by atoms with E-state index in [1.807, 2.05) is 36.4 Å². The second-order valence-corrected chi connectivity index (χ2v) is 12.4. The highest BCUT2D eigenvalue weighted by Gasteiger charge is 2.20. The second kappa shape index (κ2) is 12.0. The number of nitrogens with two attached hydrogens (primary N) is 2. The van der Waals surface area contributed by atoms with Crippen molar-refractivity contribution in [2.75, 3.05) is 11.5 Å². The SMILES string of the molecule is Nc1cccc(N)c1-c1c2nc(c(-c3ccccc3)c3ccc([nH]3)c(-c3ccccc3)c3nc(c(-c4ccccc4)c4ccc1[nH]4)C=C3)C=C2. The van der Waals surface area contributed by atoms with Gasteiger partial charge in [0.05, 0.1) is 22.8 Å². The van der Waals surface area contributed by atoms with Crippen LogP contribution in [0.15, 0.2) is 133 Å². The number of anilines is 2. The smallest absolute Gasteiger partial charge is 0.0738 e. The lowest BCUT2D eigenvalue weighted by Gasteiger charge is -2.11. The van der Waals surface area contributed by atoms with Crippen molar-refractivity contribution in [3.05, 3.63) is 156 Å². The highest BCUT2D eigenvalue weighted by atomic mass is 14.8. The quantitative estimate of drug-likeness (QED) is 0.143. The molecular formula is C44H32N6. The first kappa shape index (κ1) is 29.2. The van der Waals surface area contributed by atoms with E-state index in [4.69, 9.17) is 21.4 Å². The summed E-state index contributed by atoms with van der Waals surface area (Å²) >= 11 is 0. The number of nitrogens with zero attached hydrogens (tertiary/aromatic N) is 2. The third-order valence-corrected chi connectivity index (χ3v) is 9.32. The molecule has 3 aromatic heterocycles. The van der Waals surface area contributed by atoms with Crippen LogP contribution in [0.2, 0.25) is 0 Å². The fourth-order valence-corrected chi connectivity index (χ4v) is 7.07. The molecule has 8 bridgehead atoms. The van der Waals surface area contributed by atoms with Crippen LogP contribution < -0.4 is 11.5 Å². The number of hydrogen-bond donors (Lipinski definition) is 4. The van der Waals surface area contributed by atoms with Crippen molar-refractivity contribution in [1.82, 2.24) is 19.9 Å². The summed E-state index contributed by atoms with van der Waals surface area (Å²) in [6.45, 7) is 0. The molecule has 7 aromatic rings. The van der Waals surface area contributed by atoms with Crippen LogP contribution in [0.25, 0.3) is 90.9 Å². The molecule has 5 heterocycles. The Morgan fingerprint density at radius 3 is 1.00 bits per heavy atom. The van der Waals surface area contributed by atoms with Gasteiger partial charge in [-0.25, -0.2) is 9.97 Å². The van der Waals surface area contributed by atoms with Crippen LogP contribution >= 0.6 is 0 Å². The Morgan fingerprint density at radius 1 is 0.320 bits per heavy atom. The van der Waals surface area contributed by atoms with Gasteiger partial charge in [0.25, 0.3) is 0 Å². The van der Waals surface area contributed by atoms with Crippen LogP contribution in [-0.4, -0.2) is 19.9 Å². The molecule has 6 heteroatoms. The van der Waals surface area contributed by atoms with Gasteiger partial charge in [0.2, 0.25) is 0 Å². The highest BCUT2D eigenvalue weighted by molar-refractivity contribution is 6.02. The molecule has 2 aliphatic heterocycles. The molecule has 9 rings (SSSR count). The zero-order valence-electron chi connectivity index (χ0n) is 27.1. The molecule has 0 saturated heterocycles. The van der Waals surface area contributed by atoms with Crippen LogP contribution in [0.5, 0.6) is 0 Å². The summed E-state index contributed by atoms with van der Waals surface area (Å²) in [7, 11) is 0. The van der Waals surface area contributed by atoms with E-state index in [1.54, 1.807) is 0 Å². The van der Waals surface area contributed by atoms with E-state index in [9.17, 15) is 0 Å². The second-order valence-electron chi connectivity index (χ2n) is 12.4. The van der Waals surface area contributed by atoms with Gasteiger partial charge in [-0.3, -0.25) is 0 Å². The lowest BCUT2D eigenvalue weighted by molar-refractivity contribution is 1.31. The molecule has 0 fully saturated rings. The van der Waals surface area contributed by atoms with E-state index < -0.39 is 0 Å². The molecular weight excluding hydrogens is 613 g/mol. The first-order valence-electron chi connectivity index (χ1n) is 16.6. The summed E-state index contributed by atoms with van der Waals surface area (Å²) in [6.07, 6.45) is 8.34. The third kappa shape index (κ3) is 4.98. The number of H-pyrrole nitrogens is 2. The van der Waals surface area contributed by atoms with Crippen LogP contribution in [0.4, 0.5) is 11.4 Å². The number of nitrogens with one attached hydrogen (secondary N) is 2. The van der Waals surface area contributed by atoms with Crippen molar-refractivity contribution < 1.29 is 0 Å². The average molecular weight is 645 g/mol. The fraction of sp³-hybridized carbons (Fsp3) is 0. The van der Waals surface area contributed by atoms with Gasteiger partial charge in [-0.2, -0.15) is 0 Å². The van der Waals surface area contributed by atoms with E-state index in [0.29, 0.717) is 11.4 Å². The minimum absolute atomic E-state index is 0.579. The highest BCUT2D eigenvalue weighted by Crippen LogP contribution is 2.41. The maximum atomic E-state index is 6.68. The maximum absolute atomic E-state index is 6.68. The van der Waals surface area contributed by atoms with Gasteiger partial charge in [0.15, 0.2) is 0 Å². The predicted molar refractivity (Wildman–Crippen MR) is 209 cm³/mol. The van der Waals surface area contributed by atoms with Gasteiger partial charge < -0.3 is 21.4 Å². The average Bonchev–Trinajstić information content (AvgIpc) is 3.98. The van der Waals surface area contributed by atoms with E-state index in [-0.39, 0.29) is 0 Å². The van der Waals surface area contributed by atoms with Crippen LogP contribution in [-0.2, 0) is 0 Å².